The van der Waals surface area contributed by atoms with Gasteiger partial charge in [-0.25, -0.2) is 14.3 Å². The Balaban J connectivity index is 2.31. The van der Waals surface area contributed by atoms with Gasteiger partial charge in [0.25, 0.3) is 0 Å². The first-order chi connectivity index (χ1) is 12.4. The van der Waals surface area contributed by atoms with Crippen LogP contribution >= 0.6 is 11.6 Å². The number of benzene rings is 1. The van der Waals surface area contributed by atoms with E-state index in [4.69, 9.17) is 11.6 Å². The van der Waals surface area contributed by atoms with Crippen molar-refractivity contribution in [2.75, 3.05) is 0 Å². The van der Waals surface area contributed by atoms with Crippen LogP contribution in [0.5, 0.6) is 0 Å². The summed E-state index contributed by atoms with van der Waals surface area (Å²) in [5.74, 6) is -2.75. The van der Waals surface area contributed by atoms with Gasteiger partial charge < -0.3 is 15.0 Å². The zero-order valence-electron chi connectivity index (χ0n) is 13.2. The number of rotatable bonds is 6. The van der Waals surface area contributed by atoms with Crippen molar-refractivity contribution in [3.05, 3.63) is 64.6 Å². The van der Waals surface area contributed by atoms with E-state index < -0.39 is 17.4 Å². The Morgan fingerprint density at radius 2 is 1.92 bits per heavy atom. The Morgan fingerprint density at radius 1 is 1.23 bits per heavy atom. The molecule has 0 aliphatic rings. The van der Waals surface area contributed by atoms with Gasteiger partial charge in [-0.15, -0.1) is 0 Å². The molecule has 0 bridgehead atoms. The lowest BCUT2D eigenvalue weighted by Crippen LogP contribution is -2.42. The van der Waals surface area contributed by atoms with E-state index in [1.165, 1.54) is 0 Å². The average Bonchev–Trinajstić information content (AvgIpc) is 3.08. The normalized spacial score (nSPS) is 13.3. The van der Waals surface area contributed by atoms with E-state index in [-0.39, 0.29) is 28.3 Å². The molecule has 26 heavy (non-hydrogen) atoms. The Kier molecular flexibility index (Phi) is 4.43. The van der Waals surface area contributed by atoms with Crippen LogP contribution in [0.3, 0.4) is 0 Å². The zero-order chi connectivity index (χ0) is 18.9. The molecule has 0 aliphatic heterocycles. The molecule has 0 fully saturated rings. The third kappa shape index (κ3) is 2.70. The number of fused-ring (bicyclic) bond motifs is 1. The fourth-order valence-corrected chi connectivity index (χ4v) is 3.08. The number of carbonyl (C=O) groups excluding carboxylic acids is 1. The number of halogens is 1. The smallest absolute Gasteiger partial charge is 0.341 e. The van der Waals surface area contributed by atoms with Crippen LogP contribution in [0.1, 0.15) is 21.6 Å². The molecule has 1 aromatic carbocycles. The quantitative estimate of drug-likeness (QED) is 0.499. The van der Waals surface area contributed by atoms with Gasteiger partial charge in [-0.1, -0.05) is 41.9 Å². The number of hydrogen-bond acceptors (Lipinski definition) is 5. The summed E-state index contributed by atoms with van der Waals surface area (Å²) in [6.45, 7) is 0. The van der Waals surface area contributed by atoms with Crippen LogP contribution in [0.15, 0.2) is 42.7 Å². The molecule has 3 rings (SSSR count). The summed E-state index contributed by atoms with van der Waals surface area (Å²) < 4.78 is 1.03. The van der Waals surface area contributed by atoms with Crippen LogP contribution in [0.4, 0.5) is 0 Å². The number of aromatic nitrogens is 3. The van der Waals surface area contributed by atoms with Gasteiger partial charge in [0, 0.05) is 6.42 Å². The molecule has 0 saturated carbocycles. The first-order valence-electron chi connectivity index (χ1n) is 7.40. The highest BCUT2D eigenvalue weighted by atomic mass is 35.5. The lowest BCUT2D eigenvalue weighted by atomic mass is 9.79. The third-order valence-corrected chi connectivity index (χ3v) is 4.38. The molecular formula is C17H12ClN3O5. The summed E-state index contributed by atoms with van der Waals surface area (Å²) in [4.78, 5) is 39.4. The number of nitrogens with zero attached hydrogens (tertiary/aromatic N) is 3. The SMILES string of the molecule is O=CC(Cc1ccccc1)(C(=O)O)c1cc(Cl)c(C(=O)O)c2ncnn12. The molecule has 0 saturated heterocycles. The molecule has 9 heteroatoms. The van der Waals surface area contributed by atoms with Gasteiger partial charge >= 0.3 is 11.9 Å². The summed E-state index contributed by atoms with van der Waals surface area (Å²) in [6, 6.07) is 9.72. The van der Waals surface area contributed by atoms with Crippen molar-refractivity contribution in [1.29, 1.82) is 0 Å². The summed E-state index contributed by atoms with van der Waals surface area (Å²) in [6.07, 6.45) is 1.21. The fourth-order valence-electron chi connectivity index (χ4n) is 2.81. The minimum atomic E-state index is -2.02. The minimum absolute atomic E-state index is 0.0775. The van der Waals surface area contributed by atoms with Crippen molar-refractivity contribution < 1.29 is 24.6 Å². The molecule has 2 N–H and O–H groups in total. The van der Waals surface area contributed by atoms with Crippen molar-refractivity contribution >= 4 is 35.5 Å². The number of aromatic carboxylic acids is 1. The zero-order valence-corrected chi connectivity index (χ0v) is 13.9. The Labute approximate surface area is 151 Å². The van der Waals surface area contributed by atoms with Gasteiger partial charge in [-0.3, -0.25) is 4.79 Å². The van der Waals surface area contributed by atoms with Crippen LogP contribution in [-0.2, 0) is 21.4 Å². The van der Waals surface area contributed by atoms with Gasteiger partial charge in [-0.2, -0.15) is 5.10 Å². The summed E-state index contributed by atoms with van der Waals surface area (Å²) >= 11 is 6.06. The highest BCUT2D eigenvalue weighted by Crippen LogP contribution is 2.32. The second-order valence-corrected chi connectivity index (χ2v) is 6.02. The average molecular weight is 374 g/mol. The molecule has 0 aliphatic carbocycles. The number of aldehydes is 1. The van der Waals surface area contributed by atoms with Gasteiger partial charge in [-0.05, 0) is 11.6 Å². The maximum absolute atomic E-state index is 12.1. The Morgan fingerprint density at radius 3 is 2.50 bits per heavy atom. The van der Waals surface area contributed by atoms with E-state index in [9.17, 15) is 24.6 Å². The van der Waals surface area contributed by atoms with Crippen molar-refractivity contribution in [2.45, 2.75) is 11.8 Å². The first kappa shape index (κ1) is 17.6. The monoisotopic (exact) mass is 373 g/mol. The molecule has 0 spiro atoms. The predicted octanol–water partition coefficient (Wildman–Crippen LogP) is 1.84. The van der Waals surface area contributed by atoms with Crippen molar-refractivity contribution in [2.24, 2.45) is 0 Å². The molecule has 2 heterocycles. The van der Waals surface area contributed by atoms with Gasteiger partial charge in [0.1, 0.15) is 18.2 Å². The number of carboxylic acid groups (broad SMARTS) is 2. The molecule has 1 atom stereocenters. The lowest BCUT2D eigenvalue weighted by Gasteiger charge is -2.25. The molecule has 0 amide bonds. The molecule has 3 aromatic rings. The third-order valence-electron chi connectivity index (χ3n) is 4.08. The topological polar surface area (TPSA) is 122 Å². The largest absolute Gasteiger partial charge is 0.480 e. The fraction of sp³-hybridized carbons (Fsp3) is 0.118. The van der Waals surface area contributed by atoms with E-state index in [0.29, 0.717) is 11.8 Å². The van der Waals surface area contributed by atoms with E-state index in [2.05, 4.69) is 10.1 Å². The predicted molar refractivity (Wildman–Crippen MR) is 90.5 cm³/mol. The second-order valence-electron chi connectivity index (χ2n) is 5.61. The first-order valence-corrected chi connectivity index (χ1v) is 7.78. The van der Waals surface area contributed by atoms with Crippen molar-refractivity contribution in [3.63, 3.8) is 0 Å². The number of pyridine rings is 1. The highest BCUT2D eigenvalue weighted by Gasteiger charge is 2.44. The van der Waals surface area contributed by atoms with E-state index >= 15 is 0 Å². The summed E-state index contributed by atoms with van der Waals surface area (Å²) in [5, 5.41) is 22.9. The molecule has 1 unspecified atom stereocenters. The summed E-state index contributed by atoms with van der Waals surface area (Å²) in [5.41, 5.74) is -1.95. The van der Waals surface area contributed by atoms with Gasteiger partial charge in [0.05, 0.1) is 10.7 Å². The van der Waals surface area contributed by atoms with Crippen LogP contribution < -0.4 is 0 Å². The molecule has 132 valence electrons. The number of carboxylic acids is 2. The molecule has 8 nitrogen and oxygen atoms in total. The van der Waals surface area contributed by atoms with Gasteiger partial charge in [0.15, 0.2) is 11.1 Å². The maximum atomic E-state index is 12.1. The molecular weight excluding hydrogens is 362 g/mol. The minimum Gasteiger partial charge on any atom is -0.480 e. The number of hydrogen-bond donors (Lipinski definition) is 2. The van der Waals surface area contributed by atoms with E-state index in [0.717, 1.165) is 16.9 Å². The lowest BCUT2D eigenvalue weighted by molar-refractivity contribution is -0.146. The Hall–Kier alpha value is -3.26. The van der Waals surface area contributed by atoms with E-state index in [1.54, 1.807) is 30.3 Å². The number of carbonyl (C=O) groups is 3. The number of aliphatic carboxylic acids is 1. The van der Waals surface area contributed by atoms with Crippen LogP contribution in [0.2, 0.25) is 5.02 Å². The van der Waals surface area contributed by atoms with Gasteiger partial charge in [0.2, 0.25) is 0 Å². The highest BCUT2D eigenvalue weighted by molar-refractivity contribution is 6.34. The Bertz CT molecular complexity index is 1020. The van der Waals surface area contributed by atoms with Crippen molar-refractivity contribution in [3.8, 4) is 0 Å². The van der Waals surface area contributed by atoms with Crippen molar-refractivity contribution in [1.82, 2.24) is 14.6 Å². The van der Waals surface area contributed by atoms with Crippen LogP contribution in [0.25, 0.3) is 5.65 Å². The standard InChI is InChI=1S/C17H12ClN3O5/c18-11-6-12(21-14(19-9-20-21)13(11)15(23)24)17(8-22,16(25)26)7-10-4-2-1-3-5-10/h1-6,8-9H,7H2,(H,23,24)(H,25,26). The van der Waals surface area contributed by atoms with Crippen LogP contribution in [-0.4, -0.2) is 43.0 Å². The molecule has 2 aromatic heterocycles. The summed E-state index contributed by atoms with van der Waals surface area (Å²) in [7, 11) is 0. The maximum Gasteiger partial charge on any atom is 0.341 e. The van der Waals surface area contributed by atoms with E-state index in [1.807, 2.05) is 0 Å². The van der Waals surface area contributed by atoms with Crippen LogP contribution in [0, 0.1) is 0 Å². The molecule has 0 radical (unpaired) electrons. The second kappa shape index (κ2) is 6.57.